The van der Waals surface area contributed by atoms with Gasteiger partial charge in [0, 0.05) is 43.9 Å². The van der Waals surface area contributed by atoms with Crippen LogP contribution in [0.15, 0.2) is 59.6 Å². The summed E-state index contributed by atoms with van der Waals surface area (Å²) in [5, 5.41) is 27.6. The van der Waals surface area contributed by atoms with Crippen LogP contribution in [-0.4, -0.2) is 160 Å². The van der Waals surface area contributed by atoms with Crippen LogP contribution < -0.4 is 71.6 Å². The van der Waals surface area contributed by atoms with Gasteiger partial charge in [-0.3, -0.25) is 57.7 Å². The summed E-state index contributed by atoms with van der Waals surface area (Å²) in [4.78, 5) is 153. The highest BCUT2D eigenvalue weighted by atomic mass is 33.1. The topological polar surface area (TPSA) is 464 Å². The number of benzene rings is 2. The third kappa shape index (κ3) is 20.3. The van der Waals surface area contributed by atoms with E-state index in [1.54, 1.807) is 30.3 Å². The van der Waals surface area contributed by atoms with E-state index in [0.29, 0.717) is 17.5 Å². The van der Waals surface area contributed by atoms with Gasteiger partial charge in [-0.05, 0) is 55.4 Å². The first-order chi connectivity index (χ1) is 35.6. The Morgan fingerprint density at radius 3 is 1.89 bits per heavy atom. The van der Waals surface area contributed by atoms with E-state index in [9.17, 15) is 57.8 Å². The molecule has 2 aromatic carbocycles. The number of rotatable bonds is 19. The van der Waals surface area contributed by atoms with E-state index < -0.39 is 139 Å². The minimum atomic E-state index is -1.80. The molecule has 0 saturated carbocycles. The van der Waals surface area contributed by atoms with Crippen molar-refractivity contribution in [3.63, 3.8) is 0 Å². The Morgan fingerprint density at radius 1 is 0.707 bits per heavy atom. The maximum absolute atomic E-state index is 14.6. The van der Waals surface area contributed by atoms with Crippen molar-refractivity contribution in [1.82, 2.24) is 42.1 Å². The molecule has 11 amide bonds. The van der Waals surface area contributed by atoms with Crippen molar-refractivity contribution in [2.24, 2.45) is 39.4 Å². The smallest absolute Gasteiger partial charge is 0.246 e. The molecule has 2 heterocycles. The Hall–Kier alpha value is -7.66. The summed E-state index contributed by atoms with van der Waals surface area (Å²) in [6, 6.07) is 2.80. The molecule has 27 nitrogen and oxygen atoms in total. The highest BCUT2D eigenvalue weighted by Crippen LogP contribution is 2.26. The lowest BCUT2D eigenvalue weighted by Gasteiger charge is -2.31. The van der Waals surface area contributed by atoms with Crippen LogP contribution in [0.4, 0.5) is 0 Å². The molecule has 0 spiro atoms. The van der Waals surface area contributed by atoms with Gasteiger partial charge in [-0.25, -0.2) is 0 Å². The Kier molecular flexibility index (Phi) is 23.9. The molecule has 0 radical (unpaired) electrons. The van der Waals surface area contributed by atoms with Gasteiger partial charge < -0.3 is 81.6 Å². The predicted octanol–water partition coefficient (Wildman–Crippen LogP) is -5.40. The number of nitrogens with zero attached hydrogens (tertiary/aromatic N) is 2. The van der Waals surface area contributed by atoms with Crippen molar-refractivity contribution in [3.8, 4) is 5.75 Å². The van der Waals surface area contributed by atoms with Gasteiger partial charge in [0.2, 0.25) is 65.0 Å². The van der Waals surface area contributed by atoms with E-state index >= 15 is 0 Å². The average molecular weight is 1080 g/mol. The summed E-state index contributed by atoms with van der Waals surface area (Å²) in [6.45, 7) is -0.443. The number of guanidine groups is 1. The van der Waals surface area contributed by atoms with Gasteiger partial charge in [0.05, 0.1) is 19.0 Å². The van der Waals surface area contributed by atoms with Crippen LogP contribution in [-0.2, 0) is 65.6 Å². The van der Waals surface area contributed by atoms with E-state index in [0.717, 1.165) is 21.6 Å². The van der Waals surface area contributed by atoms with E-state index in [4.69, 9.17) is 34.4 Å². The Labute approximate surface area is 439 Å². The van der Waals surface area contributed by atoms with Crippen molar-refractivity contribution in [3.05, 3.63) is 65.7 Å². The van der Waals surface area contributed by atoms with Crippen LogP contribution in [0.2, 0.25) is 0 Å². The number of carbonyl (C=O) groups is 11. The standard InChI is InChI=1S/C46H65N15O12S2/c47-27-22-74-75-23-33(45(73)61-17-5-9-34(61)44(72)56-28(8-4-16-53-46(51)52)39(67)54-21-37(50)65)60-43(71)32(20-36(49)64)59-40(68)29(14-15-35(48)63)55-41(69)31(18-24-6-2-1-3-7-24)58-42(70)30(57-38(27)66)19-25-10-12-26(62)13-11-25/h1-3,6-7,10-13,27-34,62H,4-5,8-9,14-23,47H2,(H2,48,63)(H2,49,64)(H2,50,65)(H,54,67)(H,55,69)(H,56,72)(H,57,66)(H,58,70)(H,59,68)(H,60,71)(H4,51,52,53)/t27-,28+,29-,30-,31+,32+,33+,34+/m1/s1. The molecule has 0 aliphatic carbocycles. The molecule has 20 N–H and O–H groups in total. The van der Waals surface area contributed by atoms with Crippen LogP contribution in [0, 0.1) is 0 Å². The second-order valence-corrected chi connectivity index (χ2v) is 20.2. The Bertz CT molecular complexity index is 2420. The lowest BCUT2D eigenvalue weighted by Crippen LogP contribution is -2.61. The second-order valence-electron chi connectivity index (χ2n) is 17.6. The number of carbonyl (C=O) groups excluding carboxylic acids is 11. The monoisotopic (exact) mass is 1080 g/mol. The first-order valence-corrected chi connectivity index (χ1v) is 26.2. The maximum Gasteiger partial charge on any atom is 0.246 e. The summed E-state index contributed by atoms with van der Waals surface area (Å²) < 4.78 is 0. The fourth-order valence-corrected chi connectivity index (χ4v) is 10.1. The fourth-order valence-electron chi connectivity index (χ4n) is 7.80. The van der Waals surface area contributed by atoms with Gasteiger partial charge >= 0.3 is 0 Å². The number of aliphatic imine (C=N–C) groups is 1. The van der Waals surface area contributed by atoms with Crippen LogP contribution in [0.3, 0.4) is 0 Å². The largest absolute Gasteiger partial charge is 0.508 e. The van der Waals surface area contributed by atoms with E-state index in [2.05, 4.69) is 42.2 Å². The van der Waals surface area contributed by atoms with E-state index in [1.165, 1.54) is 29.2 Å². The third-order valence-corrected chi connectivity index (χ3v) is 14.1. The van der Waals surface area contributed by atoms with Crippen molar-refractivity contribution < 1.29 is 57.8 Å². The number of amides is 11. The van der Waals surface area contributed by atoms with Gasteiger partial charge in [0.15, 0.2) is 5.96 Å². The van der Waals surface area contributed by atoms with Gasteiger partial charge in [0.25, 0.3) is 0 Å². The Balaban J connectivity index is 1.71. The number of nitrogens with two attached hydrogens (primary N) is 6. The zero-order chi connectivity index (χ0) is 55.2. The molecule has 2 aliphatic rings. The van der Waals surface area contributed by atoms with Gasteiger partial charge in [-0.1, -0.05) is 64.1 Å². The molecule has 4 rings (SSSR count). The molecule has 8 atom stereocenters. The summed E-state index contributed by atoms with van der Waals surface area (Å²) >= 11 is 0. The molecule has 0 unspecified atom stereocenters. The lowest BCUT2D eigenvalue weighted by molar-refractivity contribution is -0.142. The molecule has 2 aromatic rings. The number of phenolic OH excluding ortho intramolecular Hbond substituents is 1. The molecule has 2 saturated heterocycles. The summed E-state index contributed by atoms with van der Waals surface area (Å²) in [5.74, 6) is -10.5. The normalized spacial score (nSPS) is 22.6. The summed E-state index contributed by atoms with van der Waals surface area (Å²) in [7, 11) is 1.99. The minimum Gasteiger partial charge on any atom is -0.508 e. The van der Waals surface area contributed by atoms with E-state index in [-0.39, 0.29) is 68.4 Å². The van der Waals surface area contributed by atoms with Crippen LogP contribution >= 0.6 is 21.6 Å². The van der Waals surface area contributed by atoms with Gasteiger partial charge in [-0.15, -0.1) is 0 Å². The molecule has 2 fully saturated rings. The van der Waals surface area contributed by atoms with Crippen molar-refractivity contribution in [1.29, 1.82) is 0 Å². The maximum atomic E-state index is 14.6. The quantitative estimate of drug-likeness (QED) is 0.0270. The average Bonchev–Trinajstić information content (AvgIpc) is 3.86. The van der Waals surface area contributed by atoms with Crippen molar-refractivity contribution in [2.45, 2.75) is 106 Å². The number of hydrogen-bond acceptors (Lipinski definition) is 16. The third-order valence-electron chi connectivity index (χ3n) is 11.6. The summed E-state index contributed by atoms with van der Waals surface area (Å²) in [5.41, 5.74) is 34.4. The van der Waals surface area contributed by atoms with Crippen molar-refractivity contribution >= 4 is 92.5 Å². The van der Waals surface area contributed by atoms with Gasteiger partial charge in [0.1, 0.15) is 48.0 Å². The fraction of sp³-hybridized carbons (Fsp3) is 0.478. The number of likely N-dealkylation sites (tertiary alicyclic amines) is 1. The zero-order valence-corrected chi connectivity index (χ0v) is 42.5. The molecular weight excluding hydrogens is 1020 g/mol. The molecule has 0 bridgehead atoms. The molecule has 75 heavy (non-hydrogen) atoms. The number of nitrogens with one attached hydrogen (secondary N) is 7. The number of phenols is 1. The first-order valence-electron chi connectivity index (χ1n) is 23.7. The van der Waals surface area contributed by atoms with Gasteiger partial charge in [-0.2, -0.15) is 0 Å². The number of hydrogen-bond donors (Lipinski definition) is 14. The van der Waals surface area contributed by atoms with Crippen molar-refractivity contribution in [2.75, 3.05) is 31.1 Å². The molecule has 0 aromatic heterocycles. The first kappa shape index (κ1) is 59.9. The second kappa shape index (κ2) is 29.9. The predicted molar refractivity (Wildman–Crippen MR) is 276 cm³/mol. The summed E-state index contributed by atoms with van der Waals surface area (Å²) in [6.07, 6.45) is -1.38. The lowest BCUT2D eigenvalue weighted by atomic mass is 10.0. The molecule has 408 valence electrons. The SMILES string of the molecule is NC(=O)CC[C@H]1NC(=O)[C@H](Cc2ccccc2)NC(=O)[C@@H](Cc2ccc(O)cc2)NC(=O)[C@H](N)CSSC[C@@H](C(=O)N2CCC[C@H]2C(=O)N[C@@H](CCCN=C(N)N)C(=O)NCC(N)=O)NC(=O)[C@H](CC(N)=O)NC1=O. The molecule has 2 aliphatic heterocycles. The molecule has 29 heteroatoms. The highest BCUT2D eigenvalue weighted by molar-refractivity contribution is 8.76. The van der Waals surface area contributed by atoms with E-state index in [1.807, 2.05) is 0 Å². The number of primary amides is 3. The number of aromatic hydroxyl groups is 1. The molecular formula is C46H65N15O12S2. The minimum absolute atomic E-state index is 0.00106. The highest BCUT2D eigenvalue weighted by Gasteiger charge is 2.40. The van der Waals surface area contributed by atoms with Crippen LogP contribution in [0.1, 0.15) is 56.1 Å². The van der Waals surface area contributed by atoms with Crippen LogP contribution in [0.25, 0.3) is 0 Å². The van der Waals surface area contributed by atoms with Crippen LogP contribution in [0.5, 0.6) is 5.75 Å². The Morgan fingerprint density at radius 2 is 1.28 bits per heavy atom. The zero-order valence-electron chi connectivity index (χ0n) is 40.8.